The lowest BCUT2D eigenvalue weighted by atomic mass is 9.94. The van der Waals surface area contributed by atoms with E-state index in [0.29, 0.717) is 25.0 Å². The van der Waals surface area contributed by atoms with Gasteiger partial charge in [0.15, 0.2) is 0 Å². The van der Waals surface area contributed by atoms with Crippen LogP contribution in [0.4, 0.5) is 0 Å². The molecule has 21 heavy (non-hydrogen) atoms. The van der Waals surface area contributed by atoms with Crippen LogP contribution in [0, 0.1) is 5.92 Å². The van der Waals surface area contributed by atoms with E-state index >= 15 is 0 Å². The molecule has 1 heterocycles. The van der Waals surface area contributed by atoms with Crippen molar-refractivity contribution in [1.29, 1.82) is 0 Å². The number of piperazine rings is 1. The van der Waals surface area contributed by atoms with Crippen molar-refractivity contribution in [1.82, 2.24) is 9.80 Å². The Kier molecular flexibility index (Phi) is 7.10. The van der Waals surface area contributed by atoms with Crippen molar-refractivity contribution in [2.75, 3.05) is 39.3 Å². The SMILES string of the molecule is CCOC(=O)C(C)(N)CC(C)N1CCN(CC(C)C)CC1. The van der Waals surface area contributed by atoms with Gasteiger partial charge in [-0.05, 0) is 33.1 Å². The fourth-order valence-corrected chi connectivity index (χ4v) is 3.03. The normalized spacial score (nSPS) is 22.0. The van der Waals surface area contributed by atoms with Gasteiger partial charge < -0.3 is 15.4 Å². The van der Waals surface area contributed by atoms with Crippen LogP contribution in [0.2, 0.25) is 0 Å². The third-order valence-electron chi connectivity index (χ3n) is 4.11. The van der Waals surface area contributed by atoms with Crippen LogP contribution in [-0.2, 0) is 9.53 Å². The molecule has 0 saturated carbocycles. The lowest BCUT2D eigenvalue weighted by Crippen LogP contribution is -2.55. The van der Waals surface area contributed by atoms with Crippen LogP contribution in [0.25, 0.3) is 0 Å². The number of hydrogen-bond donors (Lipinski definition) is 1. The van der Waals surface area contributed by atoms with Gasteiger partial charge in [0, 0.05) is 38.8 Å². The Morgan fingerprint density at radius 2 is 1.81 bits per heavy atom. The van der Waals surface area contributed by atoms with Crippen molar-refractivity contribution in [3.8, 4) is 0 Å². The van der Waals surface area contributed by atoms with Gasteiger partial charge in [-0.3, -0.25) is 9.69 Å². The molecule has 0 bridgehead atoms. The van der Waals surface area contributed by atoms with Crippen LogP contribution in [0.5, 0.6) is 0 Å². The van der Waals surface area contributed by atoms with E-state index < -0.39 is 5.54 Å². The number of carbonyl (C=O) groups is 1. The number of rotatable bonds is 7. The van der Waals surface area contributed by atoms with Crippen LogP contribution in [0.1, 0.15) is 41.0 Å². The summed E-state index contributed by atoms with van der Waals surface area (Å²) in [4.78, 5) is 16.8. The van der Waals surface area contributed by atoms with Crippen LogP contribution >= 0.6 is 0 Å². The molecule has 1 fully saturated rings. The molecule has 2 N–H and O–H groups in total. The maximum Gasteiger partial charge on any atom is 0.325 e. The minimum atomic E-state index is -0.898. The first-order chi connectivity index (χ1) is 9.76. The summed E-state index contributed by atoms with van der Waals surface area (Å²) in [5.74, 6) is 0.417. The average molecular weight is 299 g/mol. The largest absolute Gasteiger partial charge is 0.465 e. The highest BCUT2D eigenvalue weighted by Gasteiger charge is 2.34. The molecule has 0 aliphatic carbocycles. The van der Waals surface area contributed by atoms with Gasteiger partial charge in [-0.15, -0.1) is 0 Å². The highest BCUT2D eigenvalue weighted by atomic mass is 16.5. The Hall–Kier alpha value is -0.650. The lowest BCUT2D eigenvalue weighted by Gasteiger charge is -2.40. The summed E-state index contributed by atoms with van der Waals surface area (Å²) in [6.07, 6.45) is 0.635. The number of ether oxygens (including phenoxy) is 1. The van der Waals surface area contributed by atoms with Crippen molar-refractivity contribution >= 4 is 5.97 Å². The van der Waals surface area contributed by atoms with E-state index in [4.69, 9.17) is 10.5 Å². The summed E-state index contributed by atoms with van der Waals surface area (Å²) >= 11 is 0. The topological polar surface area (TPSA) is 58.8 Å². The van der Waals surface area contributed by atoms with Crippen LogP contribution < -0.4 is 5.73 Å². The Bertz CT molecular complexity index is 323. The number of nitrogens with zero attached hydrogens (tertiary/aromatic N) is 2. The molecule has 0 radical (unpaired) electrons. The summed E-state index contributed by atoms with van der Waals surface area (Å²) in [7, 11) is 0. The maximum atomic E-state index is 11.9. The van der Waals surface area contributed by atoms with Gasteiger partial charge in [-0.25, -0.2) is 0 Å². The summed E-state index contributed by atoms with van der Waals surface area (Å²) in [5, 5.41) is 0. The minimum absolute atomic E-state index is 0.296. The molecule has 0 aromatic rings. The van der Waals surface area contributed by atoms with Gasteiger partial charge in [0.2, 0.25) is 0 Å². The Balaban J connectivity index is 2.43. The predicted molar refractivity (Wildman–Crippen MR) is 86.2 cm³/mol. The fourth-order valence-electron chi connectivity index (χ4n) is 3.03. The van der Waals surface area contributed by atoms with Gasteiger partial charge in [-0.1, -0.05) is 13.8 Å². The molecule has 1 aliphatic rings. The van der Waals surface area contributed by atoms with Gasteiger partial charge >= 0.3 is 5.97 Å². The van der Waals surface area contributed by atoms with Crippen molar-refractivity contribution in [2.24, 2.45) is 11.7 Å². The first kappa shape index (κ1) is 18.4. The van der Waals surface area contributed by atoms with E-state index in [2.05, 4.69) is 30.6 Å². The van der Waals surface area contributed by atoms with E-state index in [1.165, 1.54) is 6.54 Å². The van der Waals surface area contributed by atoms with Crippen molar-refractivity contribution in [3.05, 3.63) is 0 Å². The lowest BCUT2D eigenvalue weighted by molar-refractivity contribution is -0.149. The molecule has 0 aromatic carbocycles. The molecule has 0 spiro atoms. The smallest absolute Gasteiger partial charge is 0.325 e. The number of hydrogen-bond acceptors (Lipinski definition) is 5. The second-order valence-electron chi connectivity index (χ2n) is 6.92. The zero-order valence-electron chi connectivity index (χ0n) is 14.4. The van der Waals surface area contributed by atoms with Crippen LogP contribution in [0.15, 0.2) is 0 Å². The molecule has 1 aliphatic heterocycles. The molecule has 2 atom stereocenters. The van der Waals surface area contributed by atoms with Gasteiger partial charge in [0.05, 0.1) is 6.61 Å². The summed E-state index contributed by atoms with van der Waals surface area (Å²) in [5.41, 5.74) is 5.24. The van der Waals surface area contributed by atoms with Gasteiger partial charge in [-0.2, -0.15) is 0 Å². The monoisotopic (exact) mass is 299 g/mol. The Morgan fingerprint density at radius 1 is 1.24 bits per heavy atom. The summed E-state index contributed by atoms with van der Waals surface area (Å²) in [6, 6.07) is 0.297. The quantitative estimate of drug-likeness (QED) is 0.719. The van der Waals surface area contributed by atoms with Crippen molar-refractivity contribution in [2.45, 2.75) is 52.6 Å². The standard InChI is InChI=1S/C16H33N3O2/c1-6-21-15(20)16(5,17)11-14(4)19-9-7-18(8-10-19)12-13(2)3/h13-14H,6-12,17H2,1-5H3. The molecule has 5 heteroatoms. The zero-order chi connectivity index (χ0) is 16.0. The summed E-state index contributed by atoms with van der Waals surface area (Å²) < 4.78 is 5.07. The van der Waals surface area contributed by atoms with E-state index in [9.17, 15) is 4.79 Å². The molecular formula is C16H33N3O2. The maximum absolute atomic E-state index is 11.9. The number of esters is 1. The zero-order valence-corrected chi connectivity index (χ0v) is 14.4. The van der Waals surface area contributed by atoms with Crippen LogP contribution in [-0.4, -0.2) is 66.7 Å². The molecule has 0 amide bonds. The minimum Gasteiger partial charge on any atom is -0.465 e. The molecular weight excluding hydrogens is 266 g/mol. The van der Waals surface area contributed by atoms with E-state index in [0.717, 1.165) is 26.2 Å². The first-order valence-electron chi connectivity index (χ1n) is 8.18. The Morgan fingerprint density at radius 3 is 2.29 bits per heavy atom. The van der Waals surface area contributed by atoms with Crippen molar-refractivity contribution in [3.63, 3.8) is 0 Å². The molecule has 2 unspecified atom stereocenters. The second-order valence-corrected chi connectivity index (χ2v) is 6.92. The predicted octanol–water partition coefficient (Wildman–Crippen LogP) is 1.32. The first-order valence-corrected chi connectivity index (χ1v) is 8.18. The van der Waals surface area contributed by atoms with Gasteiger partial charge in [0.1, 0.15) is 5.54 Å². The molecule has 124 valence electrons. The van der Waals surface area contributed by atoms with E-state index in [1.54, 1.807) is 6.92 Å². The van der Waals surface area contributed by atoms with Crippen LogP contribution in [0.3, 0.4) is 0 Å². The average Bonchev–Trinajstić information content (AvgIpc) is 2.38. The summed E-state index contributed by atoms with van der Waals surface area (Å²) in [6.45, 7) is 16.1. The van der Waals surface area contributed by atoms with Gasteiger partial charge in [0.25, 0.3) is 0 Å². The second kappa shape index (κ2) is 8.11. The van der Waals surface area contributed by atoms with E-state index in [1.807, 2.05) is 6.92 Å². The highest BCUT2D eigenvalue weighted by molar-refractivity contribution is 5.80. The molecule has 1 rings (SSSR count). The van der Waals surface area contributed by atoms with Crippen molar-refractivity contribution < 1.29 is 9.53 Å². The number of carbonyl (C=O) groups excluding carboxylic acids is 1. The third-order valence-corrected chi connectivity index (χ3v) is 4.11. The molecule has 5 nitrogen and oxygen atoms in total. The highest BCUT2D eigenvalue weighted by Crippen LogP contribution is 2.17. The third kappa shape index (κ3) is 5.93. The Labute approximate surface area is 129 Å². The molecule has 0 aromatic heterocycles. The fraction of sp³-hybridized carbons (Fsp3) is 0.938. The number of nitrogens with two attached hydrogens (primary N) is 1. The molecule has 1 saturated heterocycles. The van der Waals surface area contributed by atoms with E-state index in [-0.39, 0.29) is 5.97 Å².